The van der Waals surface area contributed by atoms with Crippen LogP contribution in [0.5, 0.6) is 11.5 Å². The highest BCUT2D eigenvalue weighted by molar-refractivity contribution is 5.42. The molecule has 0 N–H and O–H groups in total. The summed E-state index contributed by atoms with van der Waals surface area (Å²) in [5.41, 5.74) is 0.958. The van der Waals surface area contributed by atoms with Crippen LogP contribution in [-0.2, 0) is 0 Å². The highest BCUT2D eigenvalue weighted by Gasteiger charge is 2.27. The molecule has 0 spiro atoms. The summed E-state index contributed by atoms with van der Waals surface area (Å²) in [5, 5.41) is 0. The maximum atomic E-state index is 11.9. The van der Waals surface area contributed by atoms with E-state index in [-0.39, 0.29) is 0 Å². The largest absolute Gasteiger partial charge is 0.493 e. The summed E-state index contributed by atoms with van der Waals surface area (Å²) in [6, 6.07) is 5.07. The maximum Gasteiger partial charge on any atom is 0.392 e. The summed E-state index contributed by atoms with van der Waals surface area (Å²) in [6.07, 6.45) is -5.16. The molecule has 0 bridgehead atoms. The van der Waals surface area contributed by atoms with Crippen LogP contribution in [0.3, 0.4) is 0 Å². The molecule has 0 fully saturated rings. The first-order valence-corrected chi connectivity index (χ1v) is 4.76. The van der Waals surface area contributed by atoms with Crippen LogP contribution in [0, 0.1) is 6.92 Å². The fourth-order valence-corrected chi connectivity index (χ4v) is 1.17. The van der Waals surface area contributed by atoms with Crippen LogP contribution < -0.4 is 9.47 Å². The van der Waals surface area contributed by atoms with Gasteiger partial charge in [-0.1, -0.05) is 6.07 Å². The second-order valence-corrected chi connectivity index (χ2v) is 3.37. The van der Waals surface area contributed by atoms with Crippen LogP contribution in [0.1, 0.15) is 12.0 Å². The number of hydrogen-bond acceptors (Lipinski definition) is 2. The van der Waals surface area contributed by atoms with Gasteiger partial charge >= 0.3 is 6.18 Å². The minimum absolute atomic E-state index is 0.331. The number of halogens is 3. The second kappa shape index (κ2) is 5.09. The third-order valence-electron chi connectivity index (χ3n) is 1.96. The average molecular weight is 234 g/mol. The van der Waals surface area contributed by atoms with Gasteiger partial charge < -0.3 is 9.47 Å². The Morgan fingerprint density at radius 1 is 1.19 bits per heavy atom. The smallest absolute Gasteiger partial charge is 0.392 e. The molecule has 0 radical (unpaired) electrons. The van der Waals surface area contributed by atoms with Crippen molar-refractivity contribution in [2.24, 2.45) is 0 Å². The standard InChI is InChI=1S/C11H13F3O2/c1-8-3-4-9(10(7-8)15-2)16-6-5-11(12,13)14/h3-4,7H,5-6H2,1-2H3. The van der Waals surface area contributed by atoms with Crippen LogP contribution in [0.4, 0.5) is 13.2 Å². The average Bonchev–Trinajstić information content (AvgIpc) is 2.18. The first kappa shape index (κ1) is 12.7. The predicted octanol–water partition coefficient (Wildman–Crippen LogP) is 3.33. The van der Waals surface area contributed by atoms with E-state index in [1.165, 1.54) is 7.11 Å². The normalized spacial score (nSPS) is 11.3. The number of hydrogen-bond donors (Lipinski definition) is 0. The van der Waals surface area contributed by atoms with Gasteiger partial charge in [-0.05, 0) is 24.6 Å². The van der Waals surface area contributed by atoms with Crippen LogP contribution >= 0.6 is 0 Å². The van der Waals surface area contributed by atoms with Gasteiger partial charge in [-0.3, -0.25) is 0 Å². The molecule has 16 heavy (non-hydrogen) atoms. The van der Waals surface area contributed by atoms with Gasteiger partial charge in [0.1, 0.15) is 0 Å². The molecule has 0 saturated heterocycles. The van der Waals surface area contributed by atoms with E-state index in [4.69, 9.17) is 9.47 Å². The minimum Gasteiger partial charge on any atom is -0.493 e. The molecule has 0 unspecified atom stereocenters. The van der Waals surface area contributed by atoms with Crippen LogP contribution in [0.2, 0.25) is 0 Å². The monoisotopic (exact) mass is 234 g/mol. The fourth-order valence-electron chi connectivity index (χ4n) is 1.17. The van der Waals surface area contributed by atoms with Gasteiger partial charge in [0.05, 0.1) is 20.1 Å². The van der Waals surface area contributed by atoms with Crippen molar-refractivity contribution in [3.8, 4) is 11.5 Å². The van der Waals surface area contributed by atoms with Gasteiger partial charge in [-0.15, -0.1) is 0 Å². The number of aryl methyl sites for hydroxylation is 1. The van der Waals surface area contributed by atoms with E-state index in [9.17, 15) is 13.2 Å². The van der Waals surface area contributed by atoms with E-state index in [2.05, 4.69) is 0 Å². The Bertz CT molecular complexity index is 348. The molecule has 1 rings (SSSR count). The summed E-state index contributed by atoms with van der Waals surface area (Å²) in [6.45, 7) is 1.46. The molecule has 2 nitrogen and oxygen atoms in total. The molecule has 1 aromatic rings. The Hall–Kier alpha value is -1.39. The lowest BCUT2D eigenvalue weighted by Crippen LogP contribution is -2.13. The van der Waals surface area contributed by atoms with E-state index in [0.717, 1.165) is 5.56 Å². The first-order chi connectivity index (χ1) is 7.42. The molecule has 90 valence electrons. The van der Waals surface area contributed by atoms with Crippen molar-refractivity contribution in [3.05, 3.63) is 23.8 Å². The molecule has 5 heteroatoms. The quantitative estimate of drug-likeness (QED) is 0.795. The van der Waals surface area contributed by atoms with Gasteiger partial charge in [-0.2, -0.15) is 13.2 Å². The van der Waals surface area contributed by atoms with Crippen LogP contribution in [0.15, 0.2) is 18.2 Å². The van der Waals surface area contributed by atoms with Gasteiger partial charge in [0, 0.05) is 0 Å². The maximum absolute atomic E-state index is 11.9. The Labute approximate surface area is 92.0 Å². The molecule has 1 aromatic carbocycles. The molecule has 0 heterocycles. The van der Waals surface area contributed by atoms with Gasteiger partial charge in [0.15, 0.2) is 11.5 Å². The second-order valence-electron chi connectivity index (χ2n) is 3.37. The SMILES string of the molecule is COc1cc(C)ccc1OCCC(F)(F)F. The zero-order valence-electron chi connectivity index (χ0n) is 9.10. The molecule has 0 aromatic heterocycles. The summed E-state index contributed by atoms with van der Waals surface area (Å²) >= 11 is 0. The first-order valence-electron chi connectivity index (χ1n) is 4.76. The molecule has 0 aliphatic carbocycles. The van der Waals surface area contributed by atoms with E-state index in [1.54, 1.807) is 18.2 Å². The Balaban J connectivity index is 2.60. The summed E-state index contributed by atoms with van der Waals surface area (Å²) in [4.78, 5) is 0. The van der Waals surface area contributed by atoms with E-state index >= 15 is 0 Å². The molecule has 0 atom stereocenters. The topological polar surface area (TPSA) is 18.5 Å². The highest BCUT2D eigenvalue weighted by atomic mass is 19.4. The van der Waals surface area contributed by atoms with Gasteiger partial charge in [-0.25, -0.2) is 0 Å². The number of methoxy groups -OCH3 is 1. The molecule has 0 saturated carbocycles. The molecule has 0 aliphatic heterocycles. The number of ether oxygens (including phenoxy) is 2. The zero-order valence-corrected chi connectivity index (χ0v) is 9.10. The lowest BCUT2D eigenvalue weighted by Gasteiger charge is -2.12. The van der Waals surface area contributed by atoms with Crippen molar-refractivity contribution in [1.29, 1.82) is 0 Å². The Morgan fingerprint density at radius 2 is 1.88 bits per heavy atom. The van der Waals surface area contributed by atoms with Crippen molar-refractivity contribution >= 4 is 0 Å². The third-order valence-corrected chi connectivity index (χ3v) is 1.96. The fraction of sp³-hybridized carbons (Fsp3) is 0.455. The summed E-state index contributed by atoms with van der Waals surface area (Å²) in [7, 11) is 1.45. The lowest BCUT2D eigenvalue weighted by molar-refractivity contribution is -0.139. The van der Waals surface area contributed by atoms with Crippen molar-refractivity contribution in [3.63, 3.8) is 0 Å². The van der Waals surface area contributed by atoms with E-state index in [0.29, 0.717) is 11.5 Å². The summed E-state index contributed by atoms with van der Waals surface area (Å²) < 4.78 is 45.7. The van der Waals surface area contributed by atoms with E-state index < -0.39 is 19.2 Å². The number of alkyl halides is 3. The van der Waals surface area contributed by atoms with Crippen molar-refractivity contribution in [2.75, 3.05) is 13.7 Å². The highest BCUT2D eigenvalue weighted by Crippen LogP contribution is 2.28. The third kappa shape index (κ3) is 4.00. The number of benzene rings is 1. The van der Waals surface area contributed by atoms with Crippen molar-refractivity contribution in [1.82, 2.24) is 0 Å². The minimum atomic E-state index is -4.20. The zero-order chi connectivity index (χ0) is 12.2. The Morgan fingerprint density at radius 3 is 2.44 bits per heavy atom. The predicted molar refractivity (Wildman–Crippen MR) is 53.9 cm³/mol. The lowest BCUT2D eigenvalue weighted by atomic mass is 10.2. The molecular formula is C11H13F3O2. The molecular weight excluding hydrogens is 221 g/mol. The summed E-state index contributed by atoms with van der Waals surface area (Å²) in [5.74, 6) is 0.777. The molecule has 0 aliphatic rings. The van der Waals surface area contributed by atoms with Crippen molar-refractivity contribution < 1.29 is 22.6 Å². The molecule has 0 amide bonds. The van der Waals surface area contributed by atoms with Gasteiger partial charge in [0.25, 0.3) is 0 Å². The Kier molecular flexibility index (Phi) is 4.04. The van der Waals surface area contributed by atoms with E-state index in [1.807, 2.05) is 6.92 Å². The number of rotatable bonds is 4. The van der Waals surface area contributed by atoms with Crippen LogP contribution in [-0.4, -0.2) is 19.9 Å². The van der Waals surface area contributed by atoms with Gasteiger partial charge in [0.2, 0.25) is 0 Å². The van der Waals surface area contributed by atoms with Crippen LogP contribution in [0.25, 0.3) is 0 Å². The van der Waals surface area contributed by atoms with Crippen molar-refractivity contribution in [2.45, 2.75) is 19.5 Å².